The minimum Gasteiger partial charge on any atom is -0.385 e. The lowest BCUT2D eigenvalue weighted by Gasteiger charge is -2.41. The Bertz CT molecular complexity index is 258. The van der Waals surface area contributed by atoms with Crippen molar-refractivity contribution in [2.75, 3.05) is 35.0 Å². The van der Waals surface area contributed by atoms with Crippen LogP contribution in [0.4, 0.5) is 0 Å². The molecule has 0 aromatic heterocycles. The molecule has 0 heterocycles. The lowest BCUT2D eigenvalue weighted by atomic mass is 9.79. The first-order valence-corrected chi connectivity index (χ1v) is 9.80. The van der Waals surface area contributed by atoms with Gasteiger partial charge < -0.3 is 18.9 Å². The zero-order valence-corrected chi connectivity index (χ0v) is 17.1. The molecule has 0 spiro atoms. The maximum absolute atomic E-state index is 5.72. The largest absolute Gasteiger partial charge is 0.385 e. The molecule has 0 bridgehead atoms. The van der Waals surface area contributed by atoms with Crippen LogP contribution in [0, 0.1) is 11.8 Å². The van der Waals surface area contributed by atoms with Crippen LogP contribution < -0.4 is 0 Å². The summed E-state index contributed by atoms with van der Waals surface area (Å²) in [5, 5.41) is 0. The zero-order valence-electron chi connectivity index (χ0n) is 17.1. The highest BCUT2D eigenvalue weighted by molar-refractivity contribution is 4.79. The predicted molar refractivity (Wildman–Crippen MR) is 100 cm³/mol. The van der Waals surface area contributed by atoms with Gasteiger partial charge in [-0.25, -0.2) is 0 Å². The van der Waals surface area contributed by atoms with Gasteiger partial charge in [-0.1, -0.05) is 58.8 Å². The molecule has 0 aliphatic heterocycles. The second kappa shape index (κ2) is 15.1. The molecule has 24 heavy (non-hydrogen) atoms. The fourth-order valence-corrected chi connectivity index (χ4v) is 3.78. The quantitative estimate of drug-likeness (QED) is 0.261. The van der Waals surface area contributed by atoms with E-state index in [-0.39, 0.29) is 5.92 Å². The number of hydrogen-bond acceptors (Lipinski definition) is 4. The van der Waals surface area contributed by atoms with Crippen molar-refractivity contribution >= 4 is 0 Å². The molecule has 2 unspecified atom stereocenters. The summed E-state index contributed by atoms with van der Waals surface area (Å²) in [6.45, 7) is 5.28. The molecule has 0 rings (SSSR count). The van der Waals surface area contributed by atoms with E-state index in [4.69, 9.17) is 18.9 Å². The fourth-order valence-electron chi connectivity index (χ4n) is 3.78. The molecule has 0 radical (unpaired) electrons. The van der Waals surface area contributed by atoms with Crippen molar-refractivity contribution in [3.63, 3.8) is 0 Å². The Kier molecular flexibility index (Phi) is 15.0. The van der Waals surface area contributed by atoms with E-state index >= 15 is 0 Å². The van der Waals surface area contributed by atoms with Crippen LogP contribution >= 0.6 is 0 Å². The SMILES string of the molecule is CCCCCCCC(CCC)C(CCCOC)C(OC)(OC)OC. The number of rotatable bonds is 17. The third kappa shape index (κ3) is 8.28. The van der Waals surface area contributed by atoms with Crippen LogP contribution in [0.25, 0.3) is 0 Å². The molecule has 2 atom stereocenters. The topological polar surface area (TPSA) is 36.9 Å². The van der Waals surface area contributed by atoms with Crippen molar-refractivity contribution in [3.8, 4) is 0 Å². The lowest BCUT2D eigenvalue weighted by molar-refractivity contribution is -0.386. The van der Waals surface area contributed by atoms with E-state index in [9.17, 15) is 0 Å². The van der Waals surface area contributed by atoms with Crippen molar-refractivity contribution < 1.29 is 18.9 Å². The normalized spacial score (nSPS) is 14.8. The Balaban J connectivity index is 4.97. The fraction of sp³-hybridized carbons (Fsp3) is 1.00. The van der Waals surface area contributed by atoms with Gasteiger partial charge >= 0.3 is 0 Å². The van der Waals surface area contributed by atoms with Crippen LogP contribution in [0.5, 0.6) is 0 Å². The first-order valence-electron chi connectivity index (χ1n) is 9.80. The number of ether oxygens (including phenoxy) is 4. The zero-order chi connectivity index (χ0) is 18.3. The highest BCUT2D eigenvalue weighted by Gasteiger charge is 2.43. The van der Waals surface area contributed by atoms with E-state index in [0.717, 1.165) is 19.4 Å². The van der Waals surface area contributed by atoms with Gasteiger partial charge in [0.2, 0.25) is 0 Å². The van der Waals surface area contributed by atoms with Crippen molar-refractivity contribution in [2.24, 2.45) is 11.8 Å². The average molecular weight is 347 g/mol. The predicted octanol–water partition coefficient (Wildman–Crippen LogP) is 5.40. The van der Waals surface area contributed by atoms with Crippen LogP contribution in [-0.2, 0) is 18.9 Å². The molecule has 4 nitrogen and oxygen atoms in total. The van der Waals surface area contributed by atoms with E-state index in [1.54, 1.807) is 28.4 Å². The van der Waals surface area contributed by atoms with Crippen LogP contribution in [0.15, 0.2) is 0 Å². The van der Waals surface area contributed by atoms with Gasteiger partial charge in [0.1, 0.15) is 0 Å². The molecule has 0 aromatic rings. The molecule has 0 amide bonds. The Morgan fingerprint density at radius 2 is 1.29 bits per heavy atom. The van der Waals surface area contributed by atoms with Gasteiger partial charge in [0.25, 0.3) is 5.97 Å². The monoisotopic (exact) mass is 346 g/mol. The van der Waals surface area contributed by atoms with Gasteiger partial charge in [0.15, 0.2) is 0 Å². The molecule has 0 saturated carbocycles. The Labute approximate surface area is 150 Å². The van der Waals surface area contributed by atoms with Crippen LogP contribution in [0.2, 0.25) is 0 Å². The number of hydrogen-bond donors (Lipinski definition) is 0. The molecule has 0 aliphatic carbocycles. The van der Waals surface area contributed by atoms with Gasteiger partial charge in [-0.05, 0) is 25.2 Å². The van der Waals surface area contributed by atoms with Gasteiger partial charge in [-0.2, -0.15) is 0 Å². The van der Waals surface area contributed by atoms with Gasteiger partial charge in [0.05, 0.1) is 0 Å². The van der Waals surface area contributed by atoms with Crippen LogP contribution in [-0.4, -0.2) is 41.0 Å². The number of unbranched alkanes of at least 4 members (excludes halogenated alkanes) is 4. The summed E-state index contributed by atoms with van der Waals surface area (Å²) in [5.41, 5.74) is 0. The third-order valence-electron chi connectivity index (χ3n) is 5.08. The van der Waals surface area contributed by atoms with Crippen LogP contribution in [0.3, 0.4) is 0 Å². The van der Waals surface area contributed by atoms with Gasteiger partial charge in [-0.3, -0.25) is 0 Å². The van der Waals surface area contributed by atoms with Crippen molar-refractivity contribution in [1.29, 1.82) is 0 Å². The summed E-state index contributed by atoms with van der Waals surface area (Å²) in [7, 11) is 6.80. The van der Waals surface area contributed by atoms with Crippen molar-refractivity contribution in [1.82, 2.24) is 0 Å². The lowest BCUT2D eigenvalue weighted by Crippen LogP contribution is -2.47. The smallest absolute Gasteiger partial charge is 0.285 e. The maximum atomic E-state index is 5.72. The Morgan fingerprint density at radius 1 is 0.667 bits per heavy atom. The molecule has 0 N–H and O–H groups in total. The number of methoxy groups -OCH3 is 4. The third-order valence-corrected chi connectivity index (χ3v) is 5.08. The summed E-state index contributed by atoms with van der Waals surface area (Å²) in [5.74, 6) is -0.177. The molecule has 0 aliphatic rings. The Hall–Kier alpha value is -0.160. The standard InChI is InChI=1S/C20H42O4/c1-7-9-10-11-12-15-18(14-8-2)19(16-13-17-21-3)20(22-4,23-5)24-6/h18-19H,7-17H2,1-6H3. The molecule has 4 heteroatoms. The summed E-state index contributed by atoms with van der Waals surface area (Å²) < 4.78 is 22.4. The summed E-state index contributed by atoms with van der Waals surface area (Å²) in [6, 6.07) is 0. The van der Waals surface area contributed by atoms with Crippen molar-refractivity contribution in [2.45, 2.75) is 84.0 Å². The Morgan fingerprint density at radius 3 is 1.79 bits per heavy atom. The average Bonchev–Trinajstić information content (AvgIpc) is 2.61. The van der Waals surface area contributed by atoms with E-state index < -0.39 is 5.97 Å². The molecule has 0 aromatic carbocycles. The first-order chi connectivity index (χ1) is 11.7. The van der Waals surface area contributed by atoms with E-state index in [1.165, 1.54) is 51.4 Å². The minimum absolute atomic E-state index is 0.221. The second-order valence-corrected chi connectivity index (χ2v) is 6.71. The summed E-state index contributed by atoms with van der Waals surface area (Å²) in [4.78, 5) is 0. The molecule has 0 fully saturated rings. The molecule has 146 valence electrons. The first kappa shape index (κ1) is 23.8. The molecule has 0 saturated heterocycles. The molecular formula is C20H42O4. The highest BCUT2D eigenvalue weighted by Crippen LogP contribution is 2.38. The van der Waals surface area contributed by atoms with Gasteiger partial charge in [0, 0.05) is 41.0 Å². The maximum Gasteiger partial charge on any atom is 0.285 e. The van der Waals surface area contributed by atoms with E-state index in [2.05, 4.69) is 13.8 Å². The summed E-state index contributed by atoms with van der Waals surface area (Å²) >= 11 is 0. The van der Waals surface area contributed by atoms with Gasteiger partial charge in [-0.15, -0.1) is 0 Å². The summed E-state index contributed by atoms with van der Waals surface area (Å²) in [6.07, 6.45) is 12.1. The van der Waals surface area contributed by atoms with E-state index in [0.29, 0.717) is 5.92 Å². The van der Waals surface area contributed by atoms with E-state index in [1.807, 2.05) is 0 Å². The molecular weight excluding hydrogens is 304 g/mol. The highest BCUT2D eigenvalue weighted by atomic mass is 16.9. The van der Waals surface area contributed by atoms with Crippen molar-refractivity contribution in [3.05, 3.63) is 0 Å². The second-order valence-electron chi connectivity index (χ2n) is 6.71. The van der Waals surface area contributed by atoms with Crippen LogP contribution in [0.1, 0.15) is 78.1 Å². The minimum atomic E-state index is -0.947.